The molecule has 0 aliphatic carbocycles. The Morgan fingerprint density at radius 1 is 0.625 bits per heavy atom. The number of hydrogen-bond acceptors (Lipinski definition) is 3. The molecule has 0 fully saturated rings. The van der Waals surface area contributed by atoms with E-state index in [4.69, 9.17) is 15.3 Å². The normalized spacial score (nSPS) is 2.25. The molecule has 0 aromatic rings. The second kappa shape index (κ2) is 280. The van der Waals surface area contributed by atoms with Crippen LogP contribution in [0.4, 0.5) is 0 Å². The molecule has 3 N–H and O–H groups in total. The molecular formula is C3H12BrO3Zr-. The van der Waals surface area contributed by atoms with E-state index >= 15 is 0 Å². The summed E-state index contributed by atoms with van der Waals surface area (Å²) in [6.07, 6.45) is 0. The molecule has 54 valence electrons. The third kappa shape index (κ3) is 183. The standard InChI is InChI=1S/3CH4O.BrH.Zr/c3*1-2;;/h3*2H,1H3;1H;/p-1. The zero-order valence-corrected chi connectivity index (χ0v) is 9.26. The van der Waals surface area contributed by atoms with E-state index < -0.39 is 0 Å². The molecule has 0 heterocycles. The van der Waals surface area contributed by atoms with Crippen LogP contribution in [0, 0.1) is 0 Å². The Labute approximate surface area is 79.6 Å². The van der Waals surface area contributed by atoms with Gasteiger partial charge in [0.25, 0.3) is 0 Å². The first-order chi connectivity index (χ1) is 3.00. The first kappa shape index (κ1) is 34.9. The fourth-order valence-corrected chi connectivity index (χ4v) is 0. The van der Waals surface area contributed by atoms with Gasteiger partial charge in [-0.15, -0.1) is 0 Å². The maximum absolute atomic E-state index is 7.00. The van der Waals surface area contributed by atoms with Gasteiger partial charge in [-0.2, -0.15) is 0 Å². The van der Waals surface area contributed by atoms with Crippen LogP contribution >= 0.6 is 0 Å². The van der Waals surface area contributed by atoms with E-state index in [1.54, 1.807) is 0 Å². The molecule has 0 radical (unpaired) electrons. The van der Waals surface area contributed by atoms with Crippen molar-refractivity contribution in [2.75, 3.05) is 21.3 Å². The Balaban J connectivity index is -0.00000000500. The number of hydrogen-bond donors (Lipinski definition) is 3. The van der Waals surface area contributed by atoms with Crippen LogP contribution in [0.2, 0.25) is 0 Å². The van der Waals surface area contributed by atoms with Gasteiger partial charge >= 0.3 is 0 Å². The van der Waals surface area contributed by atoms with Crippen molar-refractivity contribution in [3.8, 4) is 0 Å². The molecule has 0 aliphatic rings. The first-order valence-electron chi connectivity index (χ1n) is 1.34. The van der Waals surface area contributed by atoms with Crippen molar-refractivity contribution in [2.24, 2.45) is 0 Å². The zero-order chi connectivity index (χ0) is 6.00. The molecule has 8 heavy (non-hydrogen) atoms. The maximum atomic E-state index is 7.00. The summed E-state index contributed by atoms with van der Waals surface area (Å²) in [6, 6.07) is 0. The molecule has 0 bridgehead atoms. The Morgan fingerprint density at radius 2 is 0.625 bits per heavy atom. The predicted molar refractivity (Wildman–Crippen MR) is 24.4 cm³/mol. The van der Waals surface area contributed by atoms with Gasteiger partial charge in [-0.1, -0.05) is 0 Å². The molecule has 0 unspecified atom stereocenters. The second-order valence-electron chi connectivity index (χ2n) is 0. The number of aliphatic hydroxyl groups excluding tert-OH is 3. The van der Waals surface area contributed by atoms with Gasteiger partial charge < -0.3 is 32.3 Å². The van der Waals surface area contributed by atoms with Gasteiger partial charge in [0.05, 0.1) is 0 Å². The molecule has 0 spiro atoms. The van der Waals surface area contributed by atoms with Gasteiger partial charge in [0.1, 0.15) is 0 Å². The average molecular weight is 267 g/mol. The van der Waals surface area contributed by atoms with Crippen molar-refractivity contribution in [1.82, 2.24) is 0 Å². The summed E-state index contributed by atoms with van der Waals surface area (Å²) >= 11 is 0. The maximum Gasteiger partial charge on any atom is 0.0319 e. The minimum Gasteiger partial charge on any atom is -1.00 e. The van der Waals surface area contributed by atoms with Crippen LogP contribution < -0.4 is 17.0 Å². The topological polar surface area (TPSA) is 60.7 Å². The van der Waals surface area contributed by atoms with Gasteiger partial charge in [-0.05, 0) is 0 Å². The summed E-state index contributed by atoms with van der Waals surface area (Å²) in [5.41, 5.74) is 0. The van der Waals surface area contributed by atoms with Crippen molar-refractivity contribution in [2.45, 2.75) is 0 Å². The number of rotatable bonds is 0. The van der Waals surface area contributed by atoms with Crippen molar-refractivity contribution in [3.63, 3.8) is 0 Å². The van der Waals surface area contributed by atoms with Crippen molar-refractivity contribution >= 4 is 0 Å². The quantitative estimate of drug-likeness (QED) is 0.417. The Bertz CT molecular complexity index is 14.5. The third-order valence-electron chi connectivity index (χ3n) is 0. The Kier molecular flexibility index (Phi) is 1220. The van der Waals surface area contributed by atoms with E-state index in [-0.39, 0.29) is 43.2 Å². The molecule has 3 nitrogen and oxygen atoms in total. The minimum atomic E-state index is 0. The van der Waals surface area contributed by atoms with Gasteiger partial charge in [0.2, 0.25) is 0 Å². The summed E-state index contributed by atoms with van der Waals surface area (Å²) in [5.74, 6) is 0. The molecule has 0 amide bonds. The third-order valence-corrected chi connectivity index (χ3v) is 0. The van der Waals surface area contributed by atoms with Crippen molar-refractivity contribution < 1.29 is 58.5 Å². The van der Waals surface area contributed by atoms with E-state index in [0.29, 0.717) is 0 Å². The number of halogens is 1. The van der Waals surface area contributed by atoms with Gasteiger partial charge in [0, 0.05) is 47.5 Å². The minimum absolute atomic E-state index is 0. The average Bonchev–Trinajstić information content (AvgIpc) is 1.81. The second-order valence-corrected chi connectivity index (χ2v) is 0. The fraction of sp³-hybridized carbons (Fsp3) is 1.00. The molecule has 0 saturated carbocycles. The summed E-state index contributed by atoms with van der Waals surface area (Å²) in [4.78, 5) is 0. The number of aliphatic hydroxyl groups is 3. The largest absolute Gasteiger partial charge is 1.00 e. The van der Waals surface area contributed by atoms with Crippen LogP contribution in [-0.4, -0.2) is 36.6 Å². The Hall–Kier alpha value is 1.24. The molecule has 0 aromatic carbocycles. The van der Waals surface area contributed by atoms with Crippen LogP contribution in [0.15, 0.2) is 0 Å². The molecule has 0 atom stereocenters. The Morgan fingerprint density at radius 3 is 0.625 bits per heavy atom. The van der Waals surface area contributed by atoms with E-state index in [1.165, 1.54) is 0 Å². The molecule has 0 saturated heterocycles. The summed E-state index contributed by atoms with van der Waals surface area (Å²) < 4.78 is 0. The van der Waals surface area contributed by atoms with Crippen molar-refractivity contribution in [1.29, 1.82) is 0 Å². The van der Waals surface area contributed by atoms with Crippen LogP contribution in [-0.2, 0) is 26.2 Å². The van der Waals surface area contributed by atoms with E-state index in [1.807, 2.05) is 0 Å². The molecular weight excluding hydrogens is 255 g/mol. The summed E-state index contributed by atoms with van der Waals surface area (Å²) in [6.45, 7) is 0. The van der Waals surface area contributed by atoms with Crippen LogP contribution in [0.3, 0.4) is 0 Å². The monoisotopic (exact) mass is 265 g/mol. The van der Waals surface area contributed by atoms with E-state index in [0.717, 1.165) is 21.3 Å². The SMILES string of the molecule is CO.CO.CO.[Br-].[Zr]. The summed E-state index contributed by atoms with van der Waals surface area (Å²) in [7, 11) is 3.00. The first-order valence-corrected chi connectivity index (χ1v) is 1.34. The molecule has 0 aromatic heterocycles. The predicted octanol–water partition coefficient (Wildman–Crippen LogP) is -4.17. The van der Waals surface area contributed by atoms with Crippen LogP contribution in [0.5, 0.6) is 0 Å². The van der Waals surface area contributed by atoms with E-state index in [9.17, 15) is 0 Å². The van der Waals surface area contributed by atoms with E-state index in [2.05, 4.69) is 0 Å². The zero-order valence-electron chi connectivity index (χ0n) is 5.22. The molecule has 5 heteroatoms. The van der Waals surface area contributed by atoms with Crippen LogP contribution in [0.1, 0.15) is 0 Å². The van der Waals surface area contributed by atoms with Crippen molar-refractivity contribution in [3.05, 3.63) is 0 Å². The van der Waals surface area contributed by atoms with Gasteiger partial charge in [0.15, 0.2) is 0 Å². The molecule has 0 rings (SSSR count). The van der Waals surface area contributed by atoms with Crippen LogP contribution in [0.25, 0.3) is 0 Å². The molecule has 0 aliphatic heterocycles. The summed E-state index contributed by atoms with van der Waals surface area (Å²) in [5, 5.41) is 21.0. The fourth-order valence-electron chi connectivity index (χ4n) is 0. The smallest absolute Gasteiger partial charge is 0.0319 e. The van der Waals surface area contributed by atoms with Gasteiger partial charge in [-0.25, -0.2) is 0 Å². The van der Waals surface area contributed by atoms with Gasteiger partial charge in [-0.3, -0.25) is 0 Å².